The number of carboxylic acid groups (broad SMARTS) is 1. The number of aryl methyl sites for hydroxylation is 1. The van der Waals surface area contributed by atoms with Gasteiger partial charge in [0.15, 0.2) is 0 Å². The summed E-state index contributed by atoms with van der Waals surface area (Å²) in [5.74, 6) is -1.39. The highest BCUT2D eigenvalue weighted by Gasteiger charge is 2.26. The molecule has 0 fully saturated rings. The number of nitrogens with one attached hydrogen (secondary N) is 1. The van der Waals surface area contributed by atoms with Gasteiger partial charge in [0.05, 0.1) is 4.90 Å². The Kier molecular flexibility index (Phi) is 7.63. The zero-order valence-corrected chi connectivity index (χ0v) is 20.0. The number of rotatable bonds is 12. The van der Waals surface area contributed by atoms with Crippen molar-refractivity contribution >= 4 is 43.7 Å². The van der Waals surface area contributed by atoms with Gasteiger partial charge in [-0.25, -0.2) is 8.42 Å². The van der Waals surface area contributed by atoms with E-state index in [1.165, 1.54) is 17.7 Å². The van der Waals surface area contributed by atoms with Crippen LogP contribution in [0.5, 0.6) is 0 Å². The van der Waals surface area contributed by atoms with Gasteiger partial charge in [0.1, 0.15) is 23.0 Å². The molecule has 35 heavy (non-hydrogen) atoms. The number of sulfonamides is 1. The lowest BCUT2D eigenvalue weighted by molar-refractivity contribution is -0.139. The molecule has 0 aliphatic heterocycles. The van der Waals surface area contributed by atoms with Gasteiger partial charge in [-0.1, -0.05) is 48.5 Å². The van der Waals surface area contributed by atoms with Gasteiger partial charge in [0.25, 0.3) is 0 Å². The maximum Gasteiger partial charge on any atom is 0.321 e. The van der Waals surface area contributed by atoms with Crippen molar-refractivity contribution < 1.29 is 27.5 Å². The molecule has 182 valence electrons. The minimum absolute atomic E-state index is 0.00374. The largest absolute Gasteiger partial charge is 0.480 e. The normalized spacial score (nSPS) is 12.7. The summed E-state index contributed by atoms with van der Waals surface area (Å²) in [6.45, 7) is 0. The summed E-state index contributed by atoms with van der Waals surface area (Å²) in [6.07, 6.45) is 2.67. The maximum atomic E-state index is 12.9. The third-order valence-corrected chi connectivity index (χ3v) is 7.45. The molecular weight excluding hydrogens is 466 g/mol. The number of benzene rings is 3. The summed E-state index contributed by atoms with van der Waals surface area (Å²) in [5.41, 5.74) is 2.38. The first-order valence-electron chi connectivity index (χ1n) is 11.6. The van der Waals surface area contributed by atoms with Crippen molar-refractivity contribution in [3.8, 4) is 0 Å². The number of ketones is 1. The number of hydrogen-bond donors (Lipinski definition) is 2. The van der Waals surface area contributed by atoms with E-state index in [1.54, 1.807) is 12.1 Å². The fourth-order valence-corrected chi connectivity index (χ4v) is 5.34. The molecule has 1 aromatic heterocycles. The number of unbranched alkanes of at least 4 members (excludes halogenated alkanes) is 1. The number of carbonyl (C=O) groups is 2. The molecule has 0 saturated carbocycles. The Bertz CT molecular complexity index is 1440. The van der Waals surface area contributed by atoms with Crippen LogP contribution in [0.25, 0.3) is 21.9 Å². The Balaban J connectivity index is 1.35. The predicted molar refractivity (Wildman–Crippen MR) is 134 cm³/mol. The lowest BCUT2D eigenvalue weighted by atomic mass is 10.0. The minimum Gasteiger partial charge on any atom is -0.480 e. The standard InChI is InChI=1S/C27H27NO6S/c29-20(11-5-4-10-19-8-2-1-3-9-19)14-16-24(27(30)31)28-35(32,33)21-15-17-26-23(18-21)22-12-6-7-13-25(22)34-26/h1-3,6-9,12-13,15,17-18,24,28H,4-5,10-11,14,16H2,(H,30,31). The van der Waals surface area contributed by atoms with Gasteiger partial charge in [-0.3, -0.25) is 9.59 Å². The smallest absolute Gasteiger partial charge is 0.321 e. The van der Waals surface area contributed by atoms with Crippen LogP contribution in [0.4, 0.5) is 0 Å². The summed E-state index contributed by atoms with van der Waals surface area (Å²) in [7, 11) is -4.13. The molecule has 0 aliphatic rings. The number of carbonyl (C=O) groups excluding carboxylic acids is 1. The van der Waals surface area contributed by atoms with E-state index in [0.29, 0.717) is 29.4 Å². The second-order valence-electron chi connectivity index (χ2n) is 8.54. The molecule has 1 heterocycles. The van der Waals surface area contributed by atoms with Crippen LogP contribution in [0.1, 0.15) is 37.7 Å². The minimum atomic E-state index is -4.13. The van der Waals surface area contributed by atoms with Crippen LogP contribution in [0.15, 0.2) is 82.1 Å². The third-order valence-electron chi connectivity index (χ3n) is 5.98. The molecule has 0 bridgehead atoms. The van der Waals surface area contributed by atoms with Crippen molar-refractivity contribution in [1.82, 2.24) is 4.72 Å². The Morgan fingerprint density at radius 1 is 0.857 bits per heavy atom. The van der Waals surface area contributed by atoms with E-state index < -0.39 is 22.0 Å². The number of Topliss-reactive ketones (excluding diaryl/α,β-unsaturated/α-hetero) is 1. The van der Waals surface area contributed by atoms with Crippen molar-refractivity contribution in [3.63, 3.8) is 0 Å². The maximum absolute atomic E-state index is 12.9. The second kappa shape index (κ2) is 10.8. The topological polar surface area (TPSA) is 114 Å². The highest BCUT2D eigenvalue weighted by atomic mass is 32.2. The molecule has 0 aliphatic carbocycles. The average Bonchev–Trinajstić information content (AvgIpc) is 3.23. The Labute approximate surface area is 203 Å². The monoisotopic (exact) mass is 493 g/mol. The molecule has 1 unspecified atom stereocenters. The van der Waals surface area contributed by atoms with Crippen LogP contribution in [0.2, 0.25) is 0 Å². The van der Waals surface area contributed by atoms with Crippen LogP contribution >= 0.6 is 0 Å². The SMILES string of the molecule is O=C(CCCCc1ccccc1)CCC(NS(=O)(=O)c1ccc2oc3ccccc3c2c1)C(=O)O. The molecule has 0 spiro atoms. The van der Waals surface area contributed by atoms with Crippen LogP contribution < -0.4 is 4.72 Å². The first-order chi connectivity index (χ1) is 16.8. The van der Waals surface area contributed by atoms with Crippen molar-refractivity contribution in [1.29, 1.82) is 0 Å². The van der Waals surface area contributed by atoms with Gasteiger partial charge >= 0.3 is 5.97 Å². The predicted octanol–water partition coefficient (Wildman–Crippen LogP) is 5.08. The van der Waals surface area contributed by atoms with E-state index in [4.69, 9.17) is 4.42 Å². The summed E-state index contributed by atoms with van der Waals surface area (Å²) < 4.78 is 33.9. The molecule has 0 amide bonds. The Morgan fingerprint density at radius 3 is 2.34 bits per heavy atom. The van der Waals surface area contributed by atoms with E-state index in [2.05, 4.69) is 4.72 Å². The number of hydrogen-bond acceptors (Lipinski definition) is 5. The van der Waals surface area contributed by atoms with Gasteiger partial charge in [-0.05, 0) is 55.5 Å². The van der Waals surface area contributed by atoms with Crippen molar-refractivity contribution in [2.45, 2.75) is 49.5 Å². The van der Waals surface area contributed by atoms with Gasteiger partial charge in [0.2, 0.25) is 10.0 Å². The second-order valence-corrected chi connectivity index (χ2v) is 10.3. The molecule has 3 aromatic carbocycles. The first-order valence-corrected chi connectivity index (χ1v) is 13.0. The van der Waals surface area contributed by atoms with Gasteiger partial charge < -0.3 is 9.52 Å². The van der Waals surface area contributed by atoms with Gasteiger partial charge in [0, 0.05) is 23.6 Å². The number of para-hydroxylation sites is 1. The first kappa shape index (κ1) is 24.6. The van der Waals surface area contributed by atoms with Crippen molar-refractivity contribution in [2.24, 2.45) is 0 Å². The van der Waals surface area contributed by atoms with Crippen LogP contribution in [0.3, 0.4) is 0 Å². The van der Waals surface area contributed by atoms with Crippen molar-refractivity contribution in [2.75, 3.05) is 0 Å². The Morgan fingerprint density at radius 2 is 1.57 bits per heavy atom. The zero-order valence-electron chi connectivity index (χ0n) is 19.1. The number of carboxylic acids is 1. The fourth-order valence-electron chi connectivity index (χ4n) is 4.09. The fraction of sp³-hybridized carbons (Fsp3) is 0.259. The van der Waals surface area contributed by atoms with Crippen molar-refractivity contribution in [3.05, 3.63) is 78.4 Å². The average molecular weight is 494 g/mol. The summed E-state index contributed by atoms with van der Waals surface area (Å²) >= 11 is 0. The zero-order chi connectivity index (χ0) is 24.8. The summed E-state index contributed by atoms with van der Waals surface area (Å²) in [4.78, 5) is 23.9. The third kappa shape index (κ3) is 6.15. The quantitative estimate of drug-likeness (QED) is 0.266. The van der Waals surface area contributed by atoms with Crippen LogP contribution in [-0.4, -0.2) is 31.3 Å². The lowest BCUT2D eigenvalue weighted by Crippen LogP contribution is -2.41. The molecule has 0 radical (unpaired) electrons. The van der Waals surface area contributed by atoms with Gasteiger partial charge in [-0.2, -0.15) is 4.72 Å². The van der Waals surface area contributed by atoms with E-state index in [1.807, 2.05) is 48.5 Å². The molecule has 0 saturated heterocycles. The molecule has 1 atom stereocenters. The molecular formula is C27H27NO6S. The molecule has 8 heteroatoms. The Hall–Kier alpha value is -3.49. The van der Waals surface area contributed by atoms with E-state index in [-0.39, 0.29) is 23.5 Å². The summed E-state index contributed by atoms with van der Waals surface area (Å²) in [5, 5.41) is 11.0. The molecule has 4 rings (SSSR count). The number of aliphatic carboxylic acids is 1. The number of fused-ring (bicyclic) bond motifs is 3. The van der Waals surface area contributed by atoms with Crippen LogP contribution in [-0.2, 0) is 26.0 Å². The van der Waals surface area contributed by atoms with E-state index >= 15 is 0 Å². The number of furan rings is 1. The molecule has 2 N–H and O–H groups in total. The van der Waals surface area contributed by atoms with Gasteiger partial charge in [-0.15, -0.1) is 0 Å². The van der Waals surface area contributed by atoms with E-state index in [0.717, 1.165) is 18.2 Å². The molecule has 4 aromatic rings. The summed E-state index contributed by atoms with van der Waals surface area (Å²) in [6, 6.07) is 20.3. The highest BCUT2D eigenvalue weighted by molar-refractivity contribution is 7.89. The van der Waals surface area contributed by atoms with E-state index in [9.17, 15) is 23.1 Å². The molecule has 7 nitrogen and oxygen atoms in total. The van der Waals surface area contributed by atoms with Crippen LogP contribution in [0, 0.1) is 0 Å². The highest BCUT2D eigenvalue weighted by Crippen LogP contribution is 2.30. The lowest BCUT2D eigenvalue weighted by Gasteiger charge is -2.14.